The Balaban J connectivity index is 1.36. The quantitative estimate of drug-likeness (QED) is 0.557. The Morgan fingerprint density at radius 2 is 1.75 bits per heavy atom. The van der Waals surface area contributed by atoms with E-state index < -0.39 is 23.7 Å². The van der Waals surface area contributed by atoms with Crippen LogP contribution in [0.3, 0.4) is 0 Å². The number of urea groups is 1. The summed E-state index contributed by atoms with van der Waals surface area (Å²) in [6, 6.07) is 9.94. The first-order chi connectivity index (χ1) is 15.3. The molecule has 0 fully saturated rings. The number of nitrogens with one attached hydrogen (secondary N) is 3. The van der Waals surface area contributed by atoms with Gasteiger partial charge in [0.25, 0.3) is 5.91 Å². The molecule has 11 heteroatoms. The van der Waals surface area contributed by atoms with Crippen molar-refractivity contribution in [3.63, 3.8) is 0 Å². The zero-order chi connectivity index (χ0) is 22.7. The van der Waals surface area contributed by atoms with Gasteiger partial charge in [-0.05, 0) is 42.8 Å². The molecular weight excluding hydrogens is 425 g/mol. The third-order valence-electron chi connectivity index (χ3n) is 4.92. The number of benzene rings is 2. The minimum atomic E-state index is -4.51. The van der Waals surface area contributed by atoms with Crippen LogP contribution in [0.25, 0.3) is 0 Å². The third kappa shape index (κ3) is 4.88. The summed E-state index contributed by atoms with van der Waals surface area (Å²) < 4.78 is 40.5. The number of rotatable bonds is 5. The highest BCUT2D eigenvalue weighted by Crippen LogP contribution is 2.30. The molecule has 1 aliphatic heterocycles. The van der Waals surface area contributed by atoms with E-state index >= 15 is 0 Å². The van der Waals surface area contributed by atoms with Gasteiger partial charge in [0.1, 0.15) is 5.82 Å². The lowest BCUT2D eigenvalue weighted by Gasteiger charge is -2.11. The number of hydrogen-bond acceptors (Lipinski definition) is 4. The molecular formula is C21H19F3N6O2. The van der Waals surface area contributed by atoms with Crippen molar-refractivity contribution in [2.45, 2.75) is 32.1 Å². The van der Waals surface area contributed by atoms with Gasteiger partial charge in [0.2, 0.25) is 0 Å². The van der Waals surface area contributed by atoms with Gasteiger partial charge in [-0.1, -0.05) is 12.1 Å². The van der Waals surface area contributed by atoms with E-state index in [4.69, 9.17) is 0 Å². The molecule has 0 aliphatic carbocycles. The Labute approximate surface area is 180 Å². The molecule has 0 unspecified atom stereocenters. The Kier molecular flexibility index (Phi) is 5.80. The average Bonchev–Trinajstić information content (AvgIpc) is 3.36. The van der Waals surface area contributed by atoms with Crippen molar-refractivity contribution < 1.29 is 22.8 Å². The van der Waals surface area contributed by atoms with Crippen LogP contribution in [-0.2, 0) is 25.7 Å². The van der Waals surface area contributed by atoms with Crippen LogP contribution in [0.4, 0.5) is 29.3 Å². The number of carbonyl (C=O) groups is 2. The Morgan fingerprint density at radius 1 is 1.00 bits per heavy atom. The molecule has 2 heterocycles. The van der Waals surface area contributed by atoms with Gasteiger partial charge in [0.05, 0.1) is 12.1 Å². The molecule has 3 amide bonds. The van der Waals surface area contributed by atoms with E-state index in [1.54, 1.807) is 12.1 Å². The van der Waals surface area contributed by atoms with E-state index in [-0.39, 0.29) is 17.8 Å². The number of aromatic nitrogens is 3. The maximum Gasteiger partial charge on any atom is 0.416 e. The summed E-state index contributed by atoms with van der Waals surface area (Å²) in [6.45, 7) is 1.03. The first-order valence-corrected chi connectivity index (χ1v) is 9.84. The summed E-state index contributed by atoms with van der Waals surface area (Å²) in [5.74, 6) is 0.968. The number of amides is 3. The maximum atomic E-state index is 12.9. The number of nitrogens with zero attached hydrogens (tertiary/aromatic N) is 3. The minimum absolute atomic E-state index is 0.0155. The largest absolute Gasteiger partial charge is 0.416 e. The van der Waals surface area contributed by atoms with Crippen molar-refractivity contribution in [2.75, 3.05) is 10.6 Å². The Hall–Kier alpha value is -3.89. The molecule has 0 radical (unpaired) electrons. The molecule has 1 aliphatic rings. The molecule has 3 aromatic rings. The number of aryl methyl sites for hydroxylation is 1. The van der Waals surface area contributed by atoms with E-state index in [9.17, 15) is 22.8 Å². The van der Waals surface area contributed by atoms with E-state index in [2.05, 4.69) is 26.1 Å². The molecule has 0 spiro atoms. The van der Waals surface area contributed by atoms with Crippen LogP contribution < -0.4 is 16.0 Å². The molecule has 8 nitrogen and oxygen atoms in total. The summed E-state index contributed by atoms with van der Waals surface area (Å²) >= 11 is 0. The predicted octanol–water partition coefficient (Wildman–Crippen LogP) is 3.82. The van der Waals surface area contributed by atoms with Crippen molar-refractivity contribution in [2.24, 2.45) is 0 Å². The summed E-state index contributed by atoms with van der Waals surface area (Å²) in [4.78, 5) is 24.7. The third-order valence-corrected chi connectivity index (χ3v) is 4.92. The lowest BCUT2D eigenvalue weighted by atomic mass is 10.1. The molecule has 0 saturated carbocycles. The molecule has 0 saturated heterocycles. The van der Waals surface area contributed by atoms with E-state index in [0.717, 1.165) is 37.3 Å². The number of halogens is 3. The Bertz CT molecular complexity index is 1160. The molecule has 2 aromatic carbocycles. The summed E-state index contributed by atoms with van der Waals surface area (Å²) in [5, 5.41) is 15.9. The summed E-state index contributed by atoms with van der Waals surface area (Å²) in [6.07, 6.45) is -2.64. The van der Waals surface area contributed by atoms with Gasteiger partial charge < -0.3 is 20.5 Å². The number of carbonyl (C=O) groups excluding carboxylic acids is 2. The fourth-order valence-corrected chi connectivity index (χ4v) is 3.39. The monoisotopic (exact) mass is 444 g/mol. The SMILES string of the molecule is O=C(NCc1nnc2n1CCC2)Nc1cccc(C(=O)Nc2cccc(C(F)(F)F)c2)c1. The number of fused-ring (bicyclic) bond motifs is 1. The first kappa shape index (κ1) is 21.3. The summed E-state index contributed by atoms with van der Waals surface area (Å²) in [7, 11) is 0. The van der Waals surface area contributed by atoms with Crippen molar-refractivity contribution in [3.05, 3.63) is 71.3 Å². The molecule has 3 N–H and O–H groups in total. The smallest absolute Gasteiger partial charge is 0.331 e. The molecule has 0 bridgehead atoms. The molecule has 32 heavy (non-hydrogen) atoms. The van der Waals surface area contributed by atoms with Gasteiger partial charge >= 0.3 is 12.2 Å². The number of anilines is 2. The maximum absolute atomic E-state index is 12.9. The number of alkyl halides is 3. The second-order valence-corrected chi connectivity index (χ2v) is 7.21. The second-order valence-electron chi connectivity index (χ2n) is 7.21. The minimum Gasteiger partial charge on any atom is -0.331 e. The van der Waals surface area contributed by atoms with E-state index in [1.807, 2.05) is 4.57 Å². The van der Waals surface area contributed by atoms with Crippen LogP contribution in [0.1, 0.15) is 34.0 Å². The van der Waals surface area contributed by atoms with Crippen molar-refractivity contribution in [3.8, 4) is 0 Å². The van der Waals surface area contributed by atoms with Crippen LogP contribution >= 0.6 is 0 Å². The van der Waals surface area contributed by atoms with Gasteiger partial charge in [-0.3, -0.25) is 4.79 Å². The van der Waals surface area contributed by atoms with Crippen LogP contribution in [0.5, 0.6) is 0 Å². The van der Waals surface area contributed by atoms with Crippen LogP contribution in [0.2, 0.25) is 0 Å². The fourth-order valence-electron chi connectivity index (χ4n) is 3.39. The van der Waals surface area contributed by atoms with Crippen LogP contribution in [0.15, 0.2) is 48.5 Å². The molecule has 166 valence electrons. The average molecular weight is 444 g/mol. The lowest BCUT2D eigenvalue weighted by Crippen LogP contribution is -2.29. The van der Waals surface area contributed by atoms with Gasteiger partial charge in [-0.25, -0.2) is 4.79 Å². The van der Waals surface area contributed by atoms with E-state index in [0.29, 0.717) is 11.5 Å². The molecule has 1 aromatic heterocycles. The van der Waals surface area contributed by atoms with Gasteiger partial charge in [0, 0.05) is 29.9 Å². The lowest BCUT2D eigenvalue weighted by molar-refractivity contribution is -0.137. The van der Waals surface area contributed by atoms with Crippen molar-refractivity contribution in [1.29, 1.82) is 0 Å². The van der Waals surface area contributed by atoms with Gasteiger partial charge in [0.15, 0.2) is 5.82 Å². The highest BCUT2D eigenvalue weighted by molar-refractivity contribution is 6.05. The van der Waals surface area contributed by atoms with Crippen LogP contribution in [-0.4, -0.2) is 26.7 Å². The normalized spacial score (nSPS) is 12.8. The highest BCUT2D eigenvalue weighted by atomic mass is 19.4. The zero-order valence-electron chi connectivity index (χ0n) is 16.7. The Morgan fingerprint density at radius 3 is 2.53 bits per heavy atom. The standard InChI is InChI=1S/C21H19F3N6O2/c22-21(23,24)14-5-2-7-16(11-14)26-19(31)13-4-1-6-15(10-13)27-20(32)25-12-18-29-28-17-8-3-9-30(17)18/h1-2,4-7,10-11H,3,8-9,12H2,(H,26,31)(H2,25,27,32). The number of hydrogen-bond donors (Lipinski definition) is 3. The topological polar surface area (TPSA) is 101 Å². The van der Waals surface area contributed by atoms with Gasteiger partial charge in [-0.15, -0.1) is 10.2 Å². The van der Waals surface area contributed by atoms with Crippen molar-refractivity contribution in [1.82, 2.24) is 20.1 Å². The fraction of sp³-hybridized carbons (Fsp3) is 0.238. The highest BCUT2D eigenvalue weighted by Gasteiger charge is 2.30. The van der Waals surface area contributed by atoms with E-state index in [1.165, 1.54) is 24.3 Å². The van der Waals surface area contributed by atoms with Crippen LogP contribution in [0, 0.1) is 0 Å². The molecule has 4 rings (SSSR count). The summed E-state index contributed by atoms with van der Waals surface area (Å²) in [5.41, 5.74) is -0.316. The first-order valence-electron chi connectivity index (χ1n) is 9.84. The zero-order valence-corrected chi connectivity index (χ0v) is 16.7. The second kappa shape index (κ2) is 8.69. The predicted molar refractivity (Wildman–Crippen MR) is 110 cm³/mol. The van der Waals surface area contributed by atoms with Crippen molar-refractivity contribution >= 4 is 23.3 Å². The van der Waals surface area contributed by atoms with Gasteiger partial charge in [-0.2, -0.15) is 13.2 Å². The molecule has 0 atom stereocenters.